The molecule has 2 aliphatic heterocycles. The summed E-state index contributed by atoms with van der Waals surface area (Å²) in [7, 11) is 0. The van der Waals surface area contributed by atoms with Gasteiger partial charge in [0, 0.05) is 32.1 Å². The summed E-state index contributed by atoms with van der Waals surface area (Å²) in [6.45, 7) is 9.72. The summed E-state index contributed by atoms with van der Waals surface area (Å²) >= 11 is 0. The molecule has 0 radical (unpaired) electrons. The maximum absolute atomic E-state index is 12.8. The van der Waals surface area contributed by atoms with Gasteiger partial charge in [0.05, 0.1) is 12.0 Å². The lowest BCUT2D eigenvalue weighted by atomic mass is 9.75. The molecule has 2 aliphatic rings. The first kappa shape index (κ1) is 26.6. The van der Waals surface area contributed by atoms with Crippen molar-refractivity contribution < 1.29 is 41.9 Å². The zero-order valence-electron chi connectivity index (χ0n) is 18.9. The molecule has 0 spiro atoms. The van der Waals surface area contributed by atoms with Crippen LogP contribution >= 0.6 is 0 Å². The highest BCUT2D eigenvalue weighted by Crippen LogP contribution is 2.43. The van der Waals surface area contributed by atoms with Crippen LogP contribution in [0.2, 0.25) is 0 Å². The number of carbonyl (C=O) groups is 3. The van der Waals surface area contributed by atoms with E-state index in [1.54, 1.807) is 6.92 Å². The average molecular weight is 478 g/mol. The molecule has 1 N–H and O–H groups in total. The summed E-state index contributed by atoms with van der Waals surface area (Å²) in [5.41, 5.74) is -0.498. The molecule has 0 bridgehead atoms. The number of rotatable bonds is 5. The van der Waals surface area contributed by atoms with Crippen LogP contribution in [0.3, 0.4) is 0 Å². The lowest BCUT2D eigenvalue weighted by Crippen LogP contribution is -2.43. The number of hydrogen-bond acceptors (Lipinski definition) is 8. The van der Waals surface area contributed by atoms with Crippen LogP contribution in [0.15, 0.2) is 4.52 Å². The second kappa shape index (κ2) is 10.9. The predicted octanol–water partition coefficient (Wildman–Crippen LogP) is 1.68. The van der Waals surface area contributed by atoms with Gasteiger partial charge in [-0.05, 0) is 33.2 Å². The van der Waals surface area contributed by atoms with Crippen molar-refractivity contribution in [1.82, 2.24) is 19.9 Å². The zero-order chi connectivity index (χ0) is 24.8. The fourth-order valence-corrected chi connectivity index (χ4v) is 4.27. The Balaban J connectivity index is 0.000000479. The highest BCUT2D eigenvalue weighted by Gasteiger charge is 2.54. The Morgan fingerprint density at radius 2 is 1.94 bits per heavy atom. The number of esters is 1. The Hall–Kier alpha value is -2.70. The average Bonchev–Trinajstić information content (AvgIpc) is 3.25. The normalized spacial score (nSPS) is 23.2. The summed E-state index contributed by atoms with van der Waals surface area (Å²) in [6.07, 6.45) is -3.42. The molecule has 1 amide bonds. The van der Waals surface area contributed by atoms with E-state index in [1.807, 2.05) is 11.8 Å². The lowest BCUT2D eigenvalue weighted by molar-refractivity contribution is -0.192. The number of amides is 1. The first-order valence-corrected chi connectivity index (χ1v) is 10.7. The third kappa shape index (κ3) is 6.65. The highest BCUT2D eigenvalue weighted by molar-refractivity contribution is 5.80. The van der Waals surface area contributed by atoms with Gasteiger partial charge in [-0.15, -0.1) is 0 Å². The van der Waals surface area contributed by atoms with E-state index in [9.17, 15) is 22.8 Å². The van der Waals surface area contributed by atoms with E-state index in [2.05, 4.69) is 22.0 Å². The Kier molecular flexibility index (Phi) is 8.81. The molecule has 186 valence electrons. The van der Waals surface area contributed by atoms with Gasteiger partial charge in [-0.1, -0.05) is 12.1 Å². The molecule has 1 aromatic heterocycles. The third-order valence-electron chi connectivity index (χ3n) is 5.85. The molecule has 2 fully saturated rings. The molecular formula is C20H29F3N4O6. The molecule has 33 heavy (non-hydrogen) atoms. The Bertz CT molecular complexity index is 846. The van der Waals surface area contributed by atoms with Gasteiger partial charge >= 0.3 is 18.1 Å². The summed E-state index contributed by atoms with van der Waals surface area (Å²) in [4.78, 5) is 42.7. The van der Waals surface area contributed by atoms with Crippen molar-refractivity contribution in [1.29, 1.82) is 0 Å². The molecular weight excluding hydrogens is 449 g/mol. The Labute approximate surface area is 189 Å². The van der Waals surface area contributed by atoms with Crippen LogP contribution in [-0.4, -0.2) is 88.4 Å². The maximum atomic E-state index is 12.8. The van der Waals surface area contributed by atoms with Crippen molar-refractivity contribution in [3.05, 3.63) is 11.7 Å². The van der Waals surface area contributed by atoms with Crippen LogP contribution in [0, 0.1) is 18.3 Å². The Morgan fingerprint density at radius 1 is 1.27 bits per heavy atom. The van der Waals surface area contributed by atoms with Gasteiger partial charge in [-0.3, -0.25) is 9.59 Å². The fraction of sp³-hybridized carbons (Fsp3) is 0.750. The summed E-state index contributed by atoms with van der Waals surface area (Å²) in [5.74, 6) is -1.93. The van der Waals surface area contributed by atoms with Gasteiger partial charge in [0.2, 0.25) is 11.8 Å². The second-order valence-corrected chi connectivity index (χ2v) is 8.06. The van der Waals surface area contributed by atoms with Gasteiger partial charge < -0.3 is 24.2 Å². The van der Waals surface area contributed by atoms with Crippen molar-refractivity contribution in [2.24, 2.45) is 11.3 Å². The number of nitrogens with zero attached hydrogens (tertiary/aromatic N) is 4. The van der Waals surface area contributed by atoms with Crippen LogP contribution in [0.4, 0.5) is 13.2 Å². The molecule has 10 nitrogen and oxygen atoms in total. The number of halogens is 3. The predicted molar refractivity (Wildman–Crippen MR) is 107 cm³/mol. The molecule has 0 unspecified atom stereocenters. The molecule has 2 atom stereocenters. The minimum absolute atomic E-state index is 0.0248. The fourth-order valence-electron chi connectivity index (χ4n) is 4.27. The third-order valence-corrected chi connectivity index (χ3v) is 5.85. The minimum atomic E-state index is -5.08. The number of aliphatic carboxylic acids is 1. The molecule has 0 aliphatic carbocycles. The van der Waals surface area contributed by atoms with Gasteiger partial charge in [0.25, 0.3) is 0 Å². The van der Waals surface area contributed by atoms with Crippen LogP contribution < -0.4 is 0 Å². The number of alkyl halides is 3. The monoisotopic (exact) mass is 478 g/mol. The summed E-state index contributed by atoms with van der Waals surface area (Å²) < 4.78 is 42.2. The number of carboxylic acid groups (broad SMARTS) is 1. The van der Waals surface area contributed by atoms with Crippen LogP contribution in [0.5, 0.6) is 0 Å². The number of ether oxygens (including phenoxy) is 1. The first-order chi connectivity index (χ1) is 15.4. The van der Waals surface area contributed by atoms with E-state index >= 15 is 0 Å². The zero-order valence-corrected chi connectivity index (χ0v) is 18.9. The maximum Gasteiger partial charge on any atom is 0.490 e. The molecule has 0 saturated carbocycles. The first-order valence-electron chi connectivity index (χ1n) is 10.7. The van der Waals surface area contributed by atoms with E-state index in [0.29, 0.717) is 31.4 Å². The molecule has 1 aromatic rings. The molecule has 13 heteroatoms. The van der Waals surface area contributed by atoms with E-state index in [4.69, 9.17) is 19.2 Å². The number of aromatic nitrogens is 2. The second-order valence-electron chi connectivity index (χ2n) is 8.06. The SMILES string of the molecule is CCOC(=O)[C@]12CCCN(C(=O)Cc3nc(C)no3)C[C@H]1CN(CC)C2.O=C(O)C(F)(F)F. The van der Waals surface area contributed by atoms with Crippen molar-refractivity contribution >= 4 is 17.8 Å². The van der Waals surface area contributed by atoms with E-state index in [1.165, 1.54) is 0 Å². The lowest BCUT2D eigenvalue weighted by Gasteiger charge is -2.31. The van der Waals surface area contributed by atoms with E-state index < -0.39 is 17.6 Å². The van der Waals surface area contributed by atoms with Crippen molar-refractivity contribution in [3.8, 4) is 0 Å². The minimum Gasteiger partial charge on any atom is -0.475 e. The summed E-state index contributed by atoms with van der Waals surface area (Å²) in [5, 5.41) is 10.9. The van der Waals surface area contributed by atoms with Crippen molar-refractivity contribution in [3.63, 3.8) is 0 Å². The number of hydrogen-bond donors (Lipinski definition) is 1. The standard InChI is InChI=1S/C18H28N4O4.C2HF3O2/c1-4-21-10-14-11-22(16(23)9-15-19-13(3)20-26-15)8-6-7-18(14,12-21)17(24)25-5-2;3-2(4,5)1(6)7/h14H,4-12H2,1-3H3;(H,6,7)/t14-,18+;/m1./s1. The molecule has 0 aromatic carbocycles. The summed E-state index contributed by atoms with van der Waals surface area (Å²) in [6, 6.07) is 0. The van der Waals surface area contributed by atoms with Gasteiger partial charge in [-0.2, -0.15) is 18.2 Å². The number of carboxylic acids is 1. The largest absolute Gasteiger partial charge is 0.490 e. The number of aryl methyl sites for hydroxylation is 1. The molecule has 2 saturated heterocycles. The Morgan fingerprint density at radius 3 is 2.45 bits per heavy atom. The molecule has 3 heterocycles. The molecule has 3 rings (SSSR count). The van der Waals surface area contributed by atoms with Gasteiger partial charge in [-0.25, -0.2) is 4.79 Å². The van der Waals surface area contributed by atoms with Crippen LogP contribution in [-0.2, 0) is 25.5 Å². The smallest absolute Gasteiger partial charge is 0.475 e. The van der Waals surface area contributed by atoms with Gasteiger partial charge in [0.1, 0.15) is 6.42 Å². The van der Waals surface area contributed by atoms with Crippen molar-refractivity contribution in [2.75, 3.05) is 39.3 Å². The number of carbonyl (C=O) groups excluding carboxylic acids is 2. The number of likely N-dealkylation sites (tertiary alicyclic amines) is 2. The topological polar surface area (TPSA) is 126 Å². The van der Waals surface area contributed by atoms with E-state index in [0.717, 1.165) is 32.5 Å². The highest BCUT2D eigenvalue weighted by atomic mass is 19.4. The van der Waals surface area contributed by atoms with E-state index in [-0.39, 0.29) is 24.2 Å². The number of fused-ring (bicyclic) bond motifs is 1. The van der Waals surface area contributed by atoms with Crippen LogP contribution in [0.1, 0.15) is 38.4 Å². The van der Waals surface area contributed by atoms with Crippen LogP contribution in [0.25, 0.3) is 0 Å². The van der Waals surface area contributed by atoms with Gasteiger partial charge in [0.15, 0.2) is 5.82 Å². The quantitative estimate of drug-likeness (QED) is 0.629. The van der Waals surface area contributed by atoms with Crippen molar-refractivity contribution in [2.45, 2.75) is 46.2 Å².